The summed E-state index contributed by atoms with van der Waals surface area (Å²) in [7, 11) is 4.26. The minimum Gasteiger partial charge on any atom is -0.372 e. The first kappa shape index (κ1) is 41.9. The second-order valence-electron chi connectivity index (χ2n) is 16.7. The van der Waals surface area contributed by atoms with Crippen molar-refractivity contribution in [3.05, 3.63) is 48.5 Å². The molecule has 4 saturated heterocycles. The van der Waals surface area contributed by atoms with Gasteiger partial charge in [0, 0.05) is 113 Å². The molecule has 0 atom stereocenters. The number of benzene rings is 2. The maximum absolute atomic E-state index is 2.70. The molecule has 4 aliphatic rings. The van der Waals surface area contributed by atoms with Crippen LogP contribution in [0.2, 0.25) is 0 Å². The van der Waals surface area contributed by atoms with Gasteiger partial charge >= 0.3 is 0 Å². The fourth-order valence-corrected chi connectivity index (χ4v) is 11.3. The molecule has 54 heavy (non-hydrogen) atoms. The predicted molar refractivity (Wildman–Crippen MR) is 243 cm³/mol. The molecule has 0 bridgehead atoms. The van der Waals surface area contributed by atoms with Crippen molar-refractivity contribution >= 4 is 44.3 Å². The van der Waals surface area contributed by atoms with Crippen LogP contribution in [0, 0.1) is 0 Å². The third-order valence-corrected chi connectivity index (χ3v) is 15.2. The van der Waals surface area contributed by atoms with E-state index in [0.29, 0.717) is 0 Å². The lowest BCUT2D eigenvalue weighted by Gasteiger charge is -2.36. The molecule has 0 aliphatic carbocycles. The van der Waals surface area contributed by atoms with Crippen molar-refractivity contribution in [2.24, 2.45) is 0 Å². The minimum atomic E-state index is 1.17. The highest BCUT2D eigenvalue weighted by Crippen LogP contribution is 2.27. The molecule has 0 amide bonds. The average Bonchev–Trinajstić information content (AvgIpc) is 3.24. The molecule has 6 nitrogen and oxygen atoms in total. The normalized spacial score (nSPS) is 19.2. The van der Waals surface area contributed by atoms with Crippen molar-refractivity contribution in [3.8, 4) is 0 Å². The molecule has 6 rings (SSSR count). The third-order valence-electron chi connectivity index (χ3n) is 12.6. The zero-order valence-electron chi connectivity index (χ0n) is 34.2. The van der Waals surface area contributed by atoms with Crippen molar-refractivity contribution in [1.29, 1.82) is 0 Å². The topological polar surface area (TPSA) is 19.4 Å². The molecular weight excluding hydrogens is 701 g/mol. The first-order valence-electron chi connectivity index (χ1n) is 22.7. The second kappa shape index (κ2) is 24.8. The van der Waals surface area contributed by atoms with E-state index in [1.165, 1.54) is 241 Å². The van der Waals surface area contributed by atoms with Crippen molar-refractivity contribution in [3.63, 3.8) is 0 Å². The van der Waals surface area contributed by atoms with Crippen LogP contribution in [0.25, 0.3) is 0 Å². The summed E-state index contributed by atoms with van der Waals surface area (Å²) in [5, 5.41) is 0. The number of nitrogens with zero attached hydrogens (tertiary/aromatic N) is 6. The monoisotopic (exact) mass is 777 g/mol. The molecule has 8 heteroatoms. The van der Waals surface area contributed by atoms with E-state index in [4.69, 9.17) is 0 Å². The Morgan fingerprint density at radius 2 is 0.574 bits per heavy atom. The largest absolute Gasteiger partial charge is 0.372 e. The number of hydrogen-bond donors (Lipinski definition) is 0. The van der Waals surface area contributed by atoms with Gasteiger partial charge in [0.05, 0.1) is 0 Å². The molecule has 0 aromatic heterocycles. The van der Waals surface area contributed by atoms with Crippen molar-refractivity contribution in [1.82, 2.24) is 9.80 Å². The Labute approximate surface area is 339 Å². The Hall–Kier alpha value is -1.74. The van der Waals surface area contributed by atoms with Gasteiger partial charge in [-0.3, -0.25) is 9.80 Å². The lowest BCUT2D eigenvalue weighted by atomic mass is 10.1. The van der Waals surface area contributed by atoms with Gasteiger partial charge in [0.15, 0.2) is 0 Å². The molecule has 2 aromatic rings. The Balaban J connectivity index is 0.658. The number of unbranched alkanes of at least 4 members (excludes halogenated alkanes) is 10. The highest BCUT2D eigenvalue weighted by Gasteiger charge is 2.19. The molecule has 0 radical (unpaired) electrons. The van der Waals surface area contributed by atoms with Crippen LogP contribution in [0.1, 0.15) is 116 Å². The van der Waals surface area contributed by atoms with Gasteiger partial charge in [0.2, 0.25) is 0 Å². The van der Waals surface area contributed by atoms with Crippen molar-refractivity contribution in [2.45, 2.75) is 116 Å². The summed E-state index contributed by atoms with van der Waals surface area (Å²) in [6.07, 6.45) is 25.1. The standard InChI is InChI=1S/C46H76N6S2/c1(5-11-27-47-33-37-51(38-34-47)45-23-19-43(20-24-45)49-29-13-9-14-30-49)3-7-17-41-53-54-42-18-8-4-2-6-12-28-48-35-39-52(40-36-48)46-25-21-44(22-26-46)50-31-15-10-16-32-50/h19-26H,1-18,27-42H2. The van der Waals surface area contributed by atoms with E-state index in [9.17, 15) is 0 Å². The van der Waals surface area contributed by atoms with Crippen LogP contribution in [-0.4, -0.2) is 113 Å². The number of piperidine rings is 2. The van der Waals surface area contributed by atoms with Gasteiger partial charge in [-0.1, -0.05) is 73.0 Å². The van der Waals surface area contributed by atoms with Crippen LogP contribution < -0.4 is 19.6 Å². The molecule has 0 unspecified atom stereocenters. The molecule has 2 aromatic carbocycles. The van der Waals surface area contributed by atoms with E-state index in [1.807, 2.05) is 0 Å². The summed E-state index contributed by atoms with van der Waals surface area (Å²) in [6.45, 7) is 17.1. The Morgan fingerprint density at radius 1 is 0.296 bits per heavy atom. The quantitative estimate of drug-likeness (QED) is 0.0811. The molecule has 0 N–H and O–H groups in total. The van der Waals surface area contributed by atoms with Gasteiger partial charge in [0.25, 0.3) is 0 Å². The van der Waals surface area contributed by atoms with Crippen LogP contribution in [-0.2, 0) is 0 Å². The van der Waals surface area contributed by atoms with Crippen LogP contribution >= 0.6 is 21.6 Å². The van der Waals surface area contributed by atoms with Gasteiger partial charge in [-0.2, -0.15) is 0 Å². The van der Waals surface area contributed by atoms with E-state index < -0.39 is 0 Å². The second-order valence-corrected chi connectivity index (χ2v) is 19.4. The molecule has 4 aliphatic heterocycles. The van der Waals surface area contributed by atoms with Crippen LogP contribution in [0.3, 0.4) is 0 Å². The van der Waals surface area contributed by atoms with E-state index in [2.05, 4.69) is 99.5 Å². The summed E-state index contributed by atoms with van der Waals surface area (Å²) in [5.41, 5.74) is 5.65. The maximum Gasteiger partial charge on any atom is 0.0368 e. The van der Waals surface area contributed by atoms with E-state index in [0.717, 1.165) is 0 Å². The van der Waals surface area contributed by atoms with Gasteiger partial charge in [-0.05, 0) is 126 Å². The predicted octanol–water partition coefficient (Wildman–Crippen LogP) is 10.7. The maximum atomic E-state index is 2.70. The highest BCUT2D eigenvalue weighted by molar-refractivity contribution is 8.76. The Kier molecular flexibility index (Phi) is 19.2. The lowest BCUT2D eigenvalue weighted by Crippen LogP contribution is -2.46. The molecule has 0 saturated carbocycles. The number of hydrogen-bond acceptors (Lipinski definition) is 8. The van der Waals surface area contributed by atoms with E-state index >= 15 is 0 Å². The summed E-state index contributed by atoms with van der Waals surface area (Å²) in [5.74, 6) is 2.68. The highest BCUT2D eigenvalue weighted by atomic mass is 33.1. The first-order chi connectivity index (χ1) is 26.8. The van der Waals surface area contributed by atoms with E-state index in [-0.39, 0.29) is 0 Å². The smallest absolute Gasteiger partial charge is 0.0368 e. The first-order valence-corrected chi connectivity index (χ1v) is 25.2. The fourth-order valence-electron chi connectivity index (χ4n) is 9.04. The Bertz CT molecular complexity index is 1140. The van der Waals surface area contributed by atoms with E-state index in [1.54, 1.807) is 0 Å². The molecule has 302 valence electrons. The molecule has 4 fully saturated rings. The van der Waals surface area contributed by atoms with Gasteiger partial charge in [-0.15, -0.1) is 0 Å². The third kappa shape index (κ3) is 14.6. The minimum absolute atomic E-state index is 1.17. The summed E-state index contributed by atoms with van der Waals surface area (Å²) >= 11 is 0. The van der Waals surface area contributed by atoms with Crippen LogP contribution in [0.4, 0.5) is 22.7 Å². The van der Waals surface area contributed by atoms with Gasteiger partial charge in [0.1, 0.15) is 0 Å². The lowest BCUT2D eigenvalue weighted by molar-refractivity contribution is 0.252. The number of piperazine rings is 2. The van der Waals surface area contributed by atoms with Crippen molar-refractivity contribution < 1.29 is 0 Å². The molecule has 0 spiro atoms. The molecule has 4 heterocycles. The average molecular weight is 777 g/mol. The summed E-state index contributed by atoms with van der Waals surface area (Å²) in [4.78, 5) is 15.7. The fraction of sp³-hybridized carbons (Fsp3) is 0.739. The Morgan fingerprint density at radius 3 is 0.907 bits per heavy atom. The summed E-state index contributed by atoms with van der Waals surface area (Å²) < 4.78 is 0. The van der Waals surface area contributed by atoms with Crippen LogP contribution in [0.15, 0.2) is 48.5 Å². The summed E-state index contributed by atoms with van der Waals surface area (Å²) in [6, 6.07) is 18.9. The number of rotatable bonds is 23. The molecular formula is C46H76N6S2. The van der Waals surface area contributed by atoms with Gasteiger partial charge < -0.3 is 19.6 Å². The van der Waals surface area contributed by atoms with Crippen LogP contribution in [0.5, 0.6) is 0 Å². The van der Waals surface area contributed by atoms with Crippen molar-refractivity contribution in [2.75, 3.05) is 123 Å². The SMILES string of the molecule is c1cc(N2CCN(CCCCCCCCSSCCCCCCCCN3CCN(c4ccc(N5CCCCC5)cc4)CC3)CC2)ccc1N1CCCCC1. The number of anilines is 4. The zero-order chi connectivity index (χ0) is 36.9. The van der Waals surface area contributed by atoms with Gasteiger partial charge in [-0.25, -0.2) is 0 Å². The zero-order valence-corrected chi connectivity index (χ0v) is 35.8.